The number of benzene rings is 3. The number of rotatable bonds is 7. The SMILES string of the molecule is COc1ccc(OCCn2cc(/C=C3\NC(=S)N(c4ccc(C)c(C)c4)C3=O)c3ccccc32)cc1. The molecular formula is C29H27N3O3S. The molecule has 36 heavy (non-hydrogen) atoms. The lowest BCUT2D eigenvalue weighted by molar-refractivity contribution is -0.113. The van der Waals surface area contributed by atoms with Crippen LogP contribution in [0.5, 0.6) is 11.5 Å². The lowest BCUT2D eigenvalue weighted by Gasteiger charge is -2.15. The van der Waals surface area contributed by atoms with Crippen molar-refractivity contribution in [3.8, 4) is 11.5 Å². The third-order valence-electron chi connectivity index (χ3n) is 6.41. The van der Waals surface area contributed by atoms with Gasteiger partial charge in [-0.2, -0.15) is 0 Å². The van der Waals surface area contributed by atoms with E-state index in [-0.39, 0.29) is 5.91 Å². The number of thiocarbonyl (C=S) groups is 1. The zero-order valence-electron chi connectivity index (χ0n) is 20.4. The molecule has 1 aliphatic heterocycles. The van der Waals surface area contributed by atoms with Gasteiger partial charge >= 0.3 is 0 Å². The van der Waals surface area contributed by atoms with Gasteiger partial charge in [0.05, 0.1) is 19.3 Å². The smallest absolute Gasteiger partial charge is 0.281 e. The molecular weight excluding hydrogens is 470 g/mol. The van der Waals surface area contributed by atoms with Crippen LogP contribution in [0.1, 0.15) is 16.7 Å². The second-order valence-electron chi connectivity index (χ2n) is 8.72. The summed E-state index contributed by atoms with van der Waals surface area (Å²) in [4.78, 5) is 14.9. The Balaban J connectivity index is 1.38. The van der Waals surface area contributed by atoms with Crippen LogP contribution < -0.4 is 19.7 Å². The second-order valence-corrected chi connectivity index (χ2v) is 9.10. The number of hydrogen-bond donors (Lipinski definition) is 1. The number of amides is 1. The first-order valence-corrected chi connectivity index (χ1v) is 12.1. The summed E-state index contributed by atoms with van der Waals surface area (Å²) >= 11 is 5.51. The fraction of sp³-hybridized carbons (Fsp3) is 0.172. The summed E-state index contributed by atoms with van der Waals surface area (Å²) in [5, 5.41) is 4.54. The fourth-order valence-corrected chi connectivity index (χ4v) is 4.60. The molecule has 1 aliphatic rings. The number of hydrogen-bond acceptors (Lipinski definition) is 4. The predicted octanol–water partition coefficient (Wildman–Crippen LogP) is 5.61. The third-order valence-corrected chi connectivity index (χ3v) is 6.69. The van der Waals surface area contributed by atoms with E-state index in [9.17, 15) is 4.79 Å². The molecule has 7 heteroatoms. The van der Waals surface area contributed by atoms with Gasteiger partial charge in [-0.15, -0.1) is 0 Å². The van der Waals surface area contributed by atoms with Gasteiger partial charge in [0.25, 0.3) is 5.91 Å². The molecule has 0 unspecified atom stereocenters. The highest BCUT2D eigenvalue weighted by molar-refractivity contribution is 7.80. The number of para-hydroxylation sites is 1. The normalized spacial score (nSPS) is 14.5. The number of carbonyl (C=O) groups is 1. The number of nitrogens with one attached hydrogen (secondary N) is 1. The molecule has 1 saturated heterocycles. The number of methoxy groups -OCH3 is 1. The number of carbonyl (C=O) groups excluding carboxylic acids is 1. The molecule has 3 aromatic carbocycles. The number of ether oxygens (including phenoxy) is 2. The number of fused-ring (bicyclic) bond motifs is 1. The van der Waals surface area contributed by atoms with E-state index >= 15 is 0 Å². The van der Waals surface area contributed by atoms with Crippen molar-refractivity contribution in [3.63, 3.8) is 0 Å². The Bertz CT molecular complexity index is 1490. The molecule has 2 heterocycles. The van der Waals surface area contributed by atoms with Crippen LogP contribution in [-0.4, -0.2) is 29.3 Å². The van der Waals surface area contributed by atoms with Crippen LogP contribution in [0, 0.1) is 13.8 Å². The minimum absolute atomic E-state index is 0.164. The van der Waals surface area contributed by atoms with Gasteiger partial charge in [0.2, 0.25) is 0 Å². The quantitative estimate of drug-likeness (QED) is 0.266. The van der Waals surface area contributed by atoms with E-state index < -0.39 is 0 Å². The molecule has 1 N–H and O–H groups in total. The van der Waals surface area contributed by atoms with E-state index in [0.29, 0.717) is 24.0 Å². The molecule has 6 nitrogen and oxygen atoms in total. The third kappa shape index (κ3) is 4.57. The molecule has 1 amide bonds. The topological polar surface area (TPSA) is 55.7 Å². The van der Waals surface area contributed by atoms with E-state index in [1.54, 1.807) is 12.0 Å². The molecule has 0 bridgehead atoms. The number of aromatic nitrogens is 1. The van der Waals surface area contributed by atoms with Gasteiger partial charge < -0.3 is 19.4 Å². The molecule has 0 aliphatic carbocycles. The van der Waals surface area contributed by atoms with E-state index in [4.69, 9.17) is 21.7 Å². The summed E-state index contributed by atoms with van der Waals surface area (Å²) in [5.74, 6) is 1.42. The van der Waals surface area contributed by atoms with Crippen molar-refractivity contribution in [1.29, 1.82) is 0 Å². The van der Waals surface area contributed by atoms with Gasteiger partial charge in [0.15, 0.2) is 5.11 Å². The summed E-state index contributed by atoms with van der Waals surface area (Å²) in [6, 6.07) is 21.6. The van der Waals surface area contributed by atoms with Crippen LogP contribution in [0.25, 0.3) is 17.0 Å². The number of nitrogens with zero attached hydrogens (tertiary/aromatic N) is 2. The van der Waals surface area contributed by atoms with Gasteiger partial charge in [-0.3, -0.25) is 9.69 Å². The summed E-state index contributed by atoms with van der Waals surface area (Å²) in [6.07, 6.45) is 3.92. The van der Waals surface area contributed by atoms with Crippen molar-refractivity contribution in [2.75, 3.05) is 18.6 Å². The number of aryl methyl sites for hydroxylation is 2. The minimum atomic E-state index is -0.164. The average molecular weight is 498 g/mol. The standard InChI is InChI=1S/C29H27N3O3S/c1-19-8-9-22(16-20(19)2)32-28(33)26(30-29(32)36)17-21-18-31(27-7-5-4-6-25(21)27)14-15-35-24-12-10-23(34-3)11-13-24/h4-13,16-18H,14-15H2,1-3H3,(H,30,36)/b26-17-. The maximum atomic E-state index is 13.3. The Kier molecular flexibility index (Phi) is 6.48. The zero-order chi connectivity index (χ0) is 25.2. The maximum Gasteiger partial charge on any atom is 0.281 e. The molecule has 5 rings (SSSR count). The van der Waals surface area contributed by atoms with Gasteiger partial charge in [0, 0.05) is 22.7 Å². The van der Waals surface area contributed by atoms with E-state index in [1.807, 2.05) is 80.7 Å². The van der Waals surface area contributed by atoms with Gasteiger partial charge in [0.1, 0.15) is 23.8 Å². The van der Waals surface area contributed by atoms with Crippen LogP contribution in [0.15, 0.2) is 78.6 Å². The zero-order valence-corrected chi connectivity index (χ0v) is 21.3. The minimum Gasteiger partial charge on any atom is -0.497 e. The van der Waals surface area contributed by atoms with Crippen molar-refractivity contribution in [1.82, 2.24) is 9.88 Å². The monoisotopic (exact) mass is 497 g/mol. The molecule has 0 atom stereocenters. The van der Waals surface area contributed by atoms with Crippen molar-refractivity contribution < 1.29 is 14.3 Å². The summed E-state index contributed by atoms with van der Waals surface area (Å²) in [6.45, 7) is 5.23. The van der Waals surface area contributed by atoms with Crippen molar-refractivity contribution in [2.45, 2.75) is 20.4 Å². The molecule has 182 valence electrons. The maximum absolute atomic E-state index is 13.3. The van der Waals surface area contributed by atoms with E-state index in [1.165, 1.54) is 5.56 Å². The Morgan fingerprint density at radius 3 is 2.47 bits per heavy atom. The average Bonchev–Trinajstić information content (AvgIpc) is 3.37. The molecule has 0 saturated carbocycles. The van der Waals surface area contributed by atoms with Gasteiger partial charge in [-0.05, 0) is 85.7 Å². The Morgan fingerprint density at radius 1 is 0.972 bits per heavy atom. The molecule has 4 aromatic rings. The highest BCUT2D eigenvalue weighted by atomic mass is 32.1. The van der Waals surface area contributed by atoms with Gasteiger partial charge in [-0.1, -0.05) is 24.3 Å². The van der Waals surface area contributed by atoms with Crippen molar-refractivity contribution in [2.24, 2.45) is 0 Å². The molecule has 0 radical (unpaired) electrons. The first-order valence-electron chi connectivity index (χ1n) is 11.7. The van der Waals surface area contributed by atoms with Crippen LogP contribution in [0.3, 0.4) is 0 Å². The first kappa shape index (κ1) is 23.6. The van der Waals surface area contributed by atoms with Crippen LogP contribution >= 0.6 is 12.2 Å². The predicted molar refractivity (Wildman–Crippen MR) is 148 cm³/mol. The van der Waals surface area contributed by atoms with Crippen molar-refractivity contribution >= 4 is 45.9 Å². The second kappa shape index (κ2) is 9.87. The molecule has 1 aromatic heterocycles. The lowest BCUT2D eigenvalue weighted by Crippen LogP contribution is -2.30. The Labute approximate surface area is 215 Å². The van der Waals surface area contributed by atoms with Crippen LogP contribution in [0.2, 0.25) is 0 Å². The summed E-state index contributed by atoms with van der Waals surface area (Å²) in [7, 11) is 1.64. The van der Waals surface area contributed by atoms with E-state index in [0.717, 1.165) is 39.2 Å². The Hall–Kier alpha value is -4.10. The van der Waals surface area contributed by atoms with Gasteiger partial charge in [-0.25, -0.2) is 0 Å². The van der Waals surface area contributed by atoms with Crippen molar-refractivity contribution in [3.05, 3.63) is 95.3 Å². The lowest BCUT2D eigenvalue weighted by atomic mass is 10.1. The first-order chi connectivity index (χ1) is 17.4. The molecule has 1 fully saturated rings. The summed E-state index contributed by atoms with van der Waals surface area (Å²) in [5.41, 5.74) is 5.51. The highest BCUT2D eigenvalue weighted by Crippen LogP contribution is 2.28. The summed E-state index contributed by atoms with van der Waals surface area (Å²) < 4.78 is 13.3. The highest BCUT2D eigenvalue weighted by Gasteiger charge is 2.32. The van der Waals surface area contributed by atoms with E-state index in [2.05, 4.69) is 22.0 Å². The number of anilines is 1. The fourth-order valence-electron chi connectivity index (χ4n) is 4.30. The Morgan fingerprint density at radius 2 is 1.72 bits per heavy atom. The molecule has 0 spiro atoms. The largest absolute Gasteiger partial charge is 0.497 e. The van der Waals surface area contributed by atoms with Crippen LogP contribution in [0.4, 0.5) is 5.69 Å². The van der Waals surface area contributed by atoms with Crippen LogP contribution in [-0.2, 0) is 11.3 Å².